The highest BCUT2D eigenvalue weighted by atomic mass is 31.0. The van der Waals surface area contributed by atoms with Gasteiger partial charge in [0.2, 0.25) is 0 Å². The molecule has 15 aromatic rings. The van der Waals surface area contributed by atoms with Crippen molar-refractivity contribution in [3.63, 3.8) is 0 Å². The average Bonchev–Trinajstić information content (AvgIpc) is 0.818. The van der Waals surface area contributed by atoms with Gasteiger partial charge in [0.05, 0.1) is 0 Å². The van der Waals surface area contributed by atoms with E-state index in [4.69, 9.17) is 0 Å². The van der Waals surface area contributed by atoms with Gasteiger partial charge in [-0.3, -0.25) is 0 Å². The van der Waals surface area contributed by atoms with Crippen LogP contribution in [0.1, 0.15) is 61.2 Å². The molecule has 0 nitrogen and oxygen atoms in total. The van der Waals surface area contributed by atoms with Crippen LogP contribution in [0.15, 0.2) is 328 Å². The zero-order valence-electron chi connectivity index (χ0n) is 64.5. The van der Waals surface area contributed by atoms with Crippen molar-refractivity contribution in [1.29, 1.82) is 0 Å². The fourth-order valence-electron chi connectivity index (χ4n) is 13.6. The Labute approximate surface area is 686 Å². The molecule has 0 bridgehead atoms. The minimum absolute atomic E-state index is 1.00. The number of hydrogen-bond acceptors (Lipinski definition) is 0. The lowest BCUT2D eigenvalue weighted by molar-refractivity contribution is 1.35. The van der Waals surface area contributed by atoms with Gasteiger partial charge in [-0.1, -0.05) is 297 Å². The summed E-state index contributed by atoms with van der Waals surface area (Å²) in [7, 11) is 27.6. The van der Waals surface area contributed by atoms with Crippen molar-refractivity contribution in [2.45, 2.75) is 72.4 Å². The maximum Gasteiger partial charge on any atom is -0.0128 e. The van der Waals surface area contributed by atoms with Gasteiger partial charge in [-0.2, -0.15) is 0 Å². The summed E-state index contributed by atoms with van der Waals surface area (Å²) < 4.78 is 0. The molecule has 0 radical (unpaired) electrons. The molecule has 0 N–H and O–H groups in total. The summed E-state index contributed by atoms with van der Waals surface area (Å²) >= 11 is 0. The van der Waals surface area contributed by atoms with Gasteiger partial charge in [0, 0.05) is 0 Å². The third-order valence-electron chi connectivity index (χ3n) is 19.9. The van der Waals surface area contributed by atoms with Crippen LogP contribution in [-0.4, -0.2) is 0 Å². The molecule has 0 spiro atoms. The van der Waals surface area contributed by atoms with Crippen LogP contribution in [0.3, 0.4) is 0 Å². The van der Waals surface area contributed by atoms with Crippen LogP contribution in [-0.2, 0) is 30.8 Å². The van der Waals surface area contributed by atoms with E-state index in [1.165, 1.54) is 199 Å². The average molecular weight is 1630 g/mol. The SMILES string of the molecule is Cc1cc(-c2ccc(CP)cc2)cc(-c2ccc(P)c(C)c2)c1.Cc1cc(-c2ccc(P)cc2)cc(-c2ccc(CP)cc2)c1.Cc1cc(CP)ccc1-c1cccc(-c2ccc(P)cc2)c1.Cc1cc(P)ccc1-c1cccc(-c2ccc(CP)cc2C)c1.PCc1ccc(-c2cccc(-c3ccc(P)cc3)c2)cc1. The van der Waals surface area contributed by atoms with Gasteiger partial charge in [-0.05, 0) is 302 Å². The lowest BCUT2D eigenvalue weighted by Gasteiger charge is -2.12. The van der Waals surface area contributed by atoms with Gasteiger partial charge in [0.25, 0.3) is 0 Å². The van der Waals surface area contributed by atoms with E-state index in [2.05, 4.69) is 462 Å². The number of hydrogen-bond donors (Lipinski definition) is 0. The maximum atomic E-state index is 2.79. The Hall–Kier alpha value is -7.40. The van der Waals surface area contributed by atoms with Crippen molar-refractivity contribution >= 4 is 119 Å². The second kappa shape index (κ2) is 41.6. The highest BCUT2D eigenvalue weighted by Crippen LogP contribution is 2.36. The van der Waals surface area contributed by atoms with E-state index in [0.717, 1.165) is 30.8 Å². The van der Waals surface area contributed by atoms with E-state index in [9.17, 15) is 0 Å². The van der Waals surface area contributed by atoms with Crippen LogP contribution in [0.5, 0.6) is 0 Å². The smallest absolute Gasteiger partial charge is 0.0128 e. The van der Waals surface area contributed by atoms with Crippen molar-refractivity contribution in [3.8, 4) is 111 Å². The Bertz CT molecular complexity index is 5590. The normalized spacial score (nSPS) is 10.7. The highest BCUT2D eigenvalue weighted by molar-refractivity contribution is 7.28. The van der Waals surface area contributed by atoms with Gasteiger partial charge in [-0.25, -0.2) is 0 Å². The molecule has 10 unspecified atom stereocenters. The molecule has 0 amide bonds. The fraction of sp³-hybridized carbons (Fsp3) is 0.109. The van der Waals surface area contributed by atoms with Crippen LogP contribution in [0.25, 0.3) is 111 Å². The molecule has 10 atom stereocenters. The molecule has 0 fully saturated rings. The Morgan fingerprint density at radius 2 is 0.405 bits per heavy atom. The summed E-state index contributed by atoms with van der Waals surface area (Å²) in [5.41, 5.74) is 40.1. The summed E-state index contributed by atoms with van der Waals surface area (Å²) in [6.07, 6.45) is 5.01. The predicted molar refractivity (Wildman–Crippen MR) is 529 cm³/mol. The number of aryl methyl sites for hydroxylation is 6. The summed E-state index contributed by atoms with van der Waals surface area (Å²) in [5.74, 6) is 0. The van der Waals surface area contributed by atoms with Crippen LogP contribution in [0.4, 0.5) is 0 Å². The third-order valence-corrected chi connectivity index (χ3v) is 24.4. The van der Waals surface area contributed by atoms with Crippen LogP contribution >= 0.6 is 92.4 Å². The van der Waals surface area contributed by atoms with Gasteiger partial charge >= 0.3 is 0 Å². The Kier molecular flexibility index (Phi) is 31.7. The number of benzene rings is 15. The molecule has 10 heteroatoms. The van der Waals surface area contributed by atoms with E-state index in [1.54, 1.807) is 0 Å². The van der Waals surface area contributed by atoms with Crippen molar-refractivity contribution in [3.05, 3.63) is 389 Å². The monoisotopic (exact) mass is 1620 g/mol. The first-order valence-corrected chi connectivity index (χ1v) is 44.5. The predicted octanol–water partition coefficient (Wildman–Crippen LogP) is 26.3. The first-order valence-electron chi connectivity index (χ1n) is 37.6. The molecule has 15 rings (SSSR count). The van der Waals surface area contributed by atoms with Crippen molar-refractivity contribution in [1.82, 2.24) is 0 Å². The van der Waals surface area contributed by atoms with Crippen LogP contribution in [0, 0.1) is 41.5 Å². The third kappa shape index (κ3) is 23.9. The molecule has 0 saturated heterocycles. The van der Waals surface area contributed by atoms with Crippen molar-refractivity contribution in [2.75, 3.05) is 0 Å². The van der Waals surface area contributed by atoms with E-state index < -0.39 is 0 Å². The topological polar surface area (TPSA) is 0 Å². The molecule has 0 aliphatic heterocycles. The van der Waals surface area contributed by atoms with Crippen molar-refractivity contribution < 1.29 is 0 Å². The summed E-state index contributed by atoms with van der Waals surface area (Å²) in [5, 5.41) is 6.12. The lowest BCUT2D eigenvalue weighted by atomic mass is 9.94. The molecule has 0 saturated carbocycles. The molecule has 15 aromatic carbocycles. The summed E-state index contributed by atoms with van der Waals surface area (Å²) in [6, 6.07) is 119. The first kappa shape index (κ1) is 84.5. The lowest BCUT2D eigenvalue weighted by Crippen LogP contribution is -1.96. The highest BCUT2D eigenvalue weighted by Gasteiger charge is 2.12. The Balaban J connectivity index is 0.000000137. The second-order valence-electron chi connectivity index (χ2n) is 28.3. The molecule has 111 heavy (non-hydrogen) atoms. The van der Waals surface area contributed by atoms with Crippen molar-refractivity contribution in [2.24, 2.45) is 0 Å². The molecule has 556 valence electrons. The van der Waals surface area contributed by atoms with Gasteiger partial charge in [0.15, 0.2) is 0 Å². The molecular weight excluding hydrogens is 1520 g/mol. The minimum Gasteiger partial charge on any atom is -0.133 e. The quantitative estimate of drug-likeness (QED) is 0.0898. The Morgan fingerprint density at radius 1 is 0.171 bits per heavy atom. The van der Waals surface area contributed by atoms with Gasteiger partial charge in [-0.15, -0.1) is 92.4 Å². The first-order chi connectivity index (χ1) is 53.7. The molecule has 0 aromatic heterocycles. The molecule has 0 aliphatic carbocycles. The summed E-state index contributed by atoms with van der Waals surface area (Å²) in [4.78, 5) is 0. The maximum absolute atomic E-state index is 2.79. The zero-order valence-corrected chi connectivity index (χ0v) is 76.0. The van der Waals surface area contributed by atoms with Crippen LogP contribution < -0.4 is 26.5 Å². The zero-order chi connectivity index (χ0) is 78.5. The largest absolute Gasteiger partial charge is 0.133 e. The van der Waals surface area contributed by atoms with E-state index in [-0.39, 0.29) is 0 Å². The van der Waals surface area contributed by atoms with Gasteiger partial charge < -0.3 is 0 Å². The van der Waals surface area contributed by atoms with E-state index >= 15 is 0 Å². The fourth-order valence-corrected chi connectivity index (χ4v) is 16.0. The minimum atomic E-state index is 1.00. The van der Waals surface area contributed by atoms with Crippen LogP contribution in [0.2, 0.25) is 0 Å². The summed E-state index contributed by atoms with van der Waals surface area (Å²) in [6.45, 7) is 13.0. The second-order valence-corrected chi connectivity index (χ2v) is 33.7. The molecule has 0 heterocycles. The standard InChI is InChI=1S/2C21H22P2.2C20H20P2.C19H18P2/c1-14-9-19(17-5-3-16(13-22)4-6-17)12-20(10-14)18-7-8-21(23)15(2)11-18;1-14-10-16(13-22)6-8-20(14)17-4-3-5-18(12-17)21-9-7-19(23)11-15(21)2;1-14-10-18(16-4-2-15(13-21)3-5-16)12-19(11-14)17-6-8-20(22)9-7-17;1-14-11-15(13-21)5-10-20(14)18-4-2-3-17(12-18)16-6-8-19(22)9-7-16;20-13-14-4-6-15(7-5-14)17-2-1-3-18(12-17)16-8-10-19(21)11-9-16/h2*3-12H,13,22-23H2,1-2H3;2*2-12H,13,21-22H2,1H3;1-12H,13,20-21H2. The number of rotatable bonds is 15. The van der Waals surface area contributed by atoms with E-state index in [1.807, 2.05) is 0 Å². The van der Waals surface area contributed by atoms with E-state index in [0.29, 0.717) is 0 Å². The Morgan fingerprint density at radius 3 is 0.721 bits per heavy atom. The molecule has 0 aliphatic rings. The van der Waals surface area contributed by atoms with Gasteiger partial charge in [0.1, 0.15) is 0 Å². The molecular formula is C101H102P10.